The molecule has 1 unspecified atom stereocenters. The Morgan fingerprint density at radius 1 is 1.39 bits per heavy atom. The first-order valence-corrected chi connectivity index (χ1v) is 6.86. The largest absolute Gasteiger partial charge is 0.466 e. The van der Waals surface area contributed by atoms with Crippen LogP contribution in [0.5, 0.6) is 0 Å². The third-order valence-electron chi connectivity index (χ3n) is 3.19. The minimum Gasteiger partial charge on any atom is -0.466 e. The molecule has 0 spiro atoms. The number of rotatable bonds is 7. The van der Waals surface area contributed by atoms with Crippen molar-refractivity contribution in [1.82, 2.24) is 5.32 Å². The van der Waals surface area contributed by atoms with E-state index in [-0.39, 0.29) is 6.61 Å². The highest BCUT2D eigenvalue weighted by atomic mass is 19.4. The van der Waals surface area contributed by atoms with Crippen LogP contribution >= 0.6 is 0 Å². The molecule has 1 aromatic carbocycles. The monoisotopic (exact) mass is 330 g/mol. The summed E-state index contributed by atoms with van der Waals surface area (Å²) in [6.07, 6.45) is -6.24. The first-order valence-electron chi connectivity index (χ1n) is 6.86. The van der Waals surface area contributed by atoms with E-state index in [2.05, 4.69) is 10.1 Å². The van der Waals surface area contributed by atoms with Crippen LogP contribution in [-0.2, 0) is 9.53 Å². The van der Waals surface area contributed by atoms with Crippen LogP contribution in [0.25, 0.3) is 0 Å². The Labute approximate surface area is 131 Å². The zero-order valence-electron chi connectivity index (χ0n) is 12.4. The third kappa shape index (κ3) is 4.68. The van der Waals surface area contributed by atoms with E-state index in [9.17, 15) is 23.1 Å². The van der Waals surface area contributed by atoms with Crippen molar-refractivity contribution in [2.24, 2.45) is 0 Å². The molecule has 0 fully saturated rings. The fraction of sp³-hybridized carbons (Fsp3) is 0.467. The summed E-state index contributed by atoms with van der Waals surface area (Å²) in [6, 6.07) is 7.84. The Morgan fingerprint density at radius 3 is 2.43 bits per heavy atom. The highest BCUT2D eigenvalue weighted by Crippen LogP contribution is 2.35. The lowest BCUT2D eigenvalue weighted by Gasteiger charge is -2.33. The van der Waals surface area contributed by atoms with Gasteiger partial charge in [-0.15, -0.1) is 0 Å². The first-order chi connectivity index (χ1) is 10.8. The lowest BCUT2D eigenvalue weighted by Crippen LogP contribution is -2.58. The lowest BCUT2D eigenvalue weighted by molar-refractivity contribution is -0.191. The fourth-order valence-electron chi connectivity index (χ4n) is 2.01. The van der Waals surface area contributed by atoms with E-state index in [0.717, 1.165) is 6.07 Å². The number of nitrogens with one attached hydrogen (secondary N) is 1. The van der Waals surface area contributed by atoms with Gasteiger partial charge < -0.3 is 9.84 Å². The van der Waals surface area contributed by atoms with Crippen LogP contribution in [0.3, 0.4) is 0 Å². The Balaban J connectivity index is 3.14. The molecule has 0 heterocycles. The van der Waals surface area contributed by atoms with Crippen LogP contribution in [0.2, 0.25) is 0 Å². The van der Waals surface area contributed by atoms with Gasteiger partial charge in [0.15, 0.2) is 0 Å². The second-order valence-electron chi connectivity index (χ2n) is 4.79. The molecule has 2 atom stereocenters. The van der Waals surface area contributed by atoms with Crippen LogP contribution in [0, 0.1) is 11.3 Å². The molecule has 0 aromatic heterocycles. The number of halogens is 3. The van der Waals surface area contributed by atoms with Crippen molar-refractivity contribution in [3.8, 4) is 6.07 Å². The lowest BCUT2D eigenvalue weighted by atomic mass is 9.93. The summed E-state index contributed by atoms with van der Waals surface area (Å²) < 4.78 is 44.8. The van der Waals surface area contributed by atoms with Gasteiger partial charge in [0.05, 0.1) is 31.7 Å². The number of nitriles is 1. The number of carbonyl (C=O) groups is 1. The van der Waals surface area contributed by atoms with Gasteiger partial charge in [-0.2, -0.15) is 18.4 Å². The van der Waals surface area contributed by atoms with Crippen molar-refractivity contribution < 1.29 is 27.8 Å². The Hall–Kier alpha value is -2.11. The molecular weight excluding hydrogens is 313 g/mol. The molecule has 0 saturated carbocycles. The average Bonchev–Trinajstić information content (AvgIpc) is 2.51. The molecule has 0 radical (unpaired) electrons. The molecule has 23 heavy (non-hydrogen) atoms. The number of hydrogen-bond acceptors (Lipinski definition) is 5. The number of aliphatic hydroxyl groups excluding tert-OH is 1. The van der Waals surface area contributed by atoms with E-state index in [1.54, 1.807) is 18.2 Å². The van der Waals surface area contributed by atoms with Gasteiger partial charge in [0.25, 0.3) is 0 Å². The molecule has 1 rings (SSSR count). The summed E-state index contributed by atoms with van der Waals surface area (Å²) >= 11 is 0. The van der Waals surface area contributed by atoms with Crippen molar-refractivity contribution in [2.75, 3.05) is 13.2 Å². The van der Waals surface area contributed by atoms with E-state index in [1.165, 1.54) is 19.1 Å². The molecule has 1 aromatic rings. The number of ether oxygens (including phenoxy) is 1. The summed E-state index contributed by atoms with van der Waals surface area (Å²) in [5.74, 6) is -1.15. The smallest absolute Gasteiger partial charge is 0.420 e. The molecule has 2 N–H and O–H groups in total. The quantitative estimate of drug-likeness (QED) is 0.748. The molecule has 0 bridgehead atoms. The SMILES string of the molecule is CCOC(=O)CC(C#N)(N[C@@H](CO)c1ccccc1)C(F)(F)F. The van der Waals surface area contributed by atoms with Gasteiger partial charge in [0.2, 0.25) is 5.54 Å². The second kappa shape index (κ2) is 7.94. The number of esters is 1. The Morgan fingerprint density at radius 2 is 2.00 bits per heavy atom. The molecule has 8 heteroatoms. The van der Waals surface area contributed by atoms with E-state index >= 15 is 0 Å². The van der Waals surface area contributed by atoms with Gasteiger partial charge in [-0.3, -0.25) is 10.1 Å². The molecule has 0 aliphatic heterocycles. The Kier molecular flexibility index (Phi) is 6.54. The third-order valence-corrected chi connectivity index (χ3v) is 3.19. The average molecular weight is 330 g/mol. The Bertz CT molecular complexity index is 557. The summed E-state index contributed by atoms with van der Waals surface area (Å²) in [5.41, 5.74) is -2.79. The van der Waals surface area contributed by atoms with Gasteiger partial charge in [0, 0.05) is 0 Å². The number of aliphatic hydroxyl groups is 1. The highest BCUT2D eigenvalue weighted by molar-refractivity contribution is 5.72. The van der Waals surface area contributed by atoms with Gasteiger partial charge in [-0.1, -0.05) is 30.3 Å². The molecule has 0 saturated heterocycles. The number of hydrogen-bond donors (Lipinski definition) is 2. The normalized spacial score (nSPS) is 15.3. The molecule has 5 nitrogen and oxygen atoms in total. The maximum atomic E-state index is 13.4. The van der Waals surface area contributed by atoms with Crippen molar-refractivity contribution in [3.63, 3.8) is 0 Å². The van der Waals surface area contributed by atoms with E-state index < -0.39 is 36.8 Å². The van der Waals surface area contributed by atoms with Gasteiger partial charge in [0.1, 0.15) is 0 Å². The van der Waals surface area contributed by atoms with Crippen LogP contribution in [-0.4, -0.2) is 36.0 Å². The summed E-state index contributed by atoms with van der Waals surface area (Å²) in [5, 5.41) is 20.6. The van der Waals surface area contributed by atoms with Crippen LogP contribution in [0.1, 0.15) is 24.9 Å². The van der Waals surface area contributed by atoms with Crippen molar-refractivity contribution in [2.45, 2.75) is 31.1 Å². The van der Waals surface area contributed by atoms with Crippen molar-refractivity contribution in [1.29, 1.82) is 5.26 Å². The molecule has 0 amide bonds. The number of benzene rings is 1. The van der Waals surface area contributed by atoms with E-state index in [1.807, 2.05) is 0 Å². The molecule has 0 aliphatic rings. The topological polar surface area (TPSA) is 82.4 Å². The number of alkyl halides is 3. The fourth-order valence-corrected chi connectivity index (χ4v) is 2.01. The van der Waals surface area contributed by atoms with Gasteiger partial charge in [-0.25, -0.2) is 0 Å². The van der Waals surface area contributed by atoms with E-state index in [0.29, 0.717) is 5.56 Å². The van der Waals surface area contributed by atoms with Crippen LogP contribution in [0.4, 0.5) is 13.2 Å². The predicted octanol–water partition coefficient (Wildman–Crippen LogP) is 2.09. The number of carbonyl (C=O) groups excluding carboxylic acids is 1. The standard InChI is InChI=1S/C15H17F3N2O3/c1-2-23-13(22)8-14(10-19,15(16,17)18)20-12(9-21)11-6-4-3-5-7-11/h3-7,12,20-21H,2,8-9H2,1H3/t12-,14?/m0/s1. The minimum atomic E-state index is -5.03. The molecule has 126 valence electrons. The van der Waals surface area contributed by atoms with Crippen molar-refractivity contribution >= 4 is 5.97 Å². The minimum absolute atomic E-state index is 0.0969. The zero-order valence-corrected chi connectivity index (χ0v) is 12.4. The highest BCUT2D eigenvalue weighted by Gasteiger charge is 2.58. The van der Waals surface area contributed by atoms with Crippen molar-refractivity contribution in [3.05, 3.63) is 35.9 Å². The predicted molar refractivity (Wildman–Crippen MR) is 75.1 cm³/mol. The summed E-state index contributed by atoms with van der Waals surface area (Å²) in [7, 11) is 0. The second-order valence-corrected chi connectivity index (χ2v) is 4.79. The maximum absolute atomic E-state index is 13.4. The number of nitrogens with zero attached hydrogens (tertiary/aromatic N) is 1. The molecular formula is C15H17F3N2O3. The first kappa shape index (κ1) is 18.9. The van der Waals surface area contributed by atoms with Crippen LogP contribution < -0.4 is 5.32 Å². The van der Waals surface area contributed by atoms with Crippen LogP contribution in [0.15, 0.2) is 30.3 Å². The summed E-state index contributed by atoms with van der Waals surface area (Å²) in [6.45, 7) is 0.681. The molecule has 0 aliphatic carbocycles. The van der Waals surface area contributed by atoms with Gasteiger partial charge in [-0.05, 0) is 12.5 Å². The summed E-state index contributed by atoms with van der Waals surface area (Å²) in [4.78, 5) is 11.5. The van der Waals surface area contributed by atoms with Gasteiger partial charge >= 0.3 is 12.1 Å². The maximum Gasteiger partial charge on any atom is 0.420 e. The zero-order chi connectivity index (χ0) is 17.5. The van der Waals surface area contributed by atoms with E-state index in [4.69, 9.17) is 5.26 Å².